The smallest absolute Gasteiger partial charge is 0.255 e. The highest BCUT2D eigenvalue weighted by Crippen LogP contribution is 2.22. The molecule has 92 valence electrons. The molecule has 1 saturated heterocycles. The van der Waals surface area contributed by atoms with E-state index in [0.29, 0.717) is 19.7 Å². The van der Waals surface area contributed by atoms with Gasteiger partial charge in [0, 0.05) is 21.1 Å². The number of benzene rings is 1. The number of carbonyl (C=O) groups excluding carboxylic acids is 1. The minimum Gasteiger partial charge on any atom is -0.375 e. The van der Waals surface area contributed by atoms with Crippen LogP contribution in [0, 0.1) is 3.57 Å². The highest BCUT2D eigenvalue weighted by molar-refractivity contribution is 14.1. The topological polar surface area (TPSA) is 29.5 Å². The maximum Gasteiger partial charge on any atom is 0.255 e. The van der Waals surface area contributed by atoms with Gasteiger partial charge >= 0.3 is 0 Å². The van der Waals surface area contributed by atoms with Crippen molar-refractivity contribution in [1.29, 1.82) is 0 Å². The molecule has 0 radical (unpaired) electrons. The summed E-state index contributed by atoms with van der Waals surface area (Å²) in [5.41, 5.74) is 0.728. The zero-order valence-corrected chi connectivity index (χ0v) is 13.2. The van der Waals surface area contributed by atoms with E-state index in [1.165, 1.54) is 0 Å². The van der Waals surface area contributed by atoms with Crippen LogP contribution in [0.5, 0.6) is 0 Å². The van der Waals surface area contributed by atoms with Gasteiger partial charge in [-0.05, 0) is 63.6 Å². The van der Waals surface area contributed by atoms with Gasteiger partial charge in [0.15, 0.2) is 0 Å². The molecular formula is C12H13BrINO2. The van der Waals surface area contributed by atoms with E-state index in [1.54, 1.807) is 0 Å². The average Bonchev–Trinajstić information content (AvgIpc) is 2.31. The Morgan fingerprint density at radius 3 is 3.06 bits per heavy atom. The lowest BCUT2D eigenvalue weighted by Crippen LogP contribution is -2.44. The SMILES string of the molecule is C[C@@H]1CN(C(=O)c2cc(I)ccc2Br)CCO1. The second kappa shape index (κ2) is 5.67. The first-order valence-electron chi connectivity index (χ1n) is 5.44. The molecule has 1 aromatic carbocycles. The van der Waals surface area contributed by atoms with Crippen LogP contribution in [0.3, 0.4) is 0 Å². The van der Waals surface area contributed by atoms with Crippen molar-refractivity contribution in [1.82, 2.24) is 4.90 Å². The number of nitrogens with zero attached hydrogens (tertiary/aromatic N) is 1. The third kappa shape index (κ3) is 3.20. The van der Waals surface area contributed by atoms with Gasteiger partial charge in [0.25, 0.3) is 5.91 Å². The summed E-state index contributed by atoms with van der Waals surface area (Å²) in [6.07, 6.45) is 0.120. The fourth-order valence-corrected chi connectivity index (χ4v) is 2.74. The van der Waals surface area contributed by atoms with Crippen LogP contribution in [0.15, 0.2) is 22.7 Å². The lowest BCUT2D eigenvalue weighted by Gasteiger charge is -2.31. The van der Waals surface area contributed by atoms with Gasteiger partial charge in [-0.3, -0.25) is 4.79 Å². The molecule has 2 rings (SSSR count). The van der Waals surface area contributed by atoms with Crippen molar-refractivity contribution in [2.45, 2.75) is 13.0 Å². The zero-order valence-electron chi connectivity index (χ0n) is 9.45. The summed E-state index contributed by atoms with van der Waals surface area (Å²) in [6.45, 7) is 3.94. The van der Waals surface area contributed by atoms with Crippen LogP contribution in [0.1, 0.15) is 17.3 Å². The van der Waals surface area contributed by atoms with Gasteiger partial charge in [-0.2, -0.15) is 0 Å². The van der Waals surface area contributed by atoms with Gasteiger partial charge < -0.3 is 9.64 Å². The quantitative estimate of drug-likeness (QED) is 0.667. The van der Waals surface area contributed by atoms with Crippen LogP contribution in [-0.4, -0.2) is 36.6 Å². The monoisotopic (exact) mass is 409 g/mol. The number of halogens is 2. The van der Waals surface area contributed by atoms with Crippen molar-refractivity contribution in [3.8, 4) is 0 Å². The molecule has 1 amide bonds. The summed E-state index contributed by atoms with van der Waals surface area (Å²) in [6, 6.07) is 5.80. The number of morpholine rings is 1. The third-order valence-corrected chi connectivity index (χ3v) is 4.05. The number of rotatable bonds is 1. The second-order valence-electron chi connectivity index (χ2n) is 4.06. The Bertz CT molecular complexity index is 439. The molecule has 0 aromatic heterocycles. The fraction of sp³-hybridized carbons (Fsp3) is 0.417. The fourth-order valence-electron chi connectivity index (χ4n) is 1.83. The largest absolute Gasteiger partial charge is 0.375 e. The number of ether oxygens (including phenoxy) is 1. The van der Waals surface area contributed by atoms with Crippen LogP contribution < -0.4 is 0 Å². The Labute approximate surface area is 123 Å². The Morgan fingerprint density at radius 2 is 2.35 bits per heavy atom. The second-order valence-corrected chi connectivity index (χ2v) is 6.16. The van der Waals surface area contributed by atoms with Gasteiger partial charge in [-0.25, -0.2) is 0 Å². The van der Waals surface area contributed by atoms with E-state index in [4.69, 9.17) is 4.74 Å². The molecule has 0 bridgehead atoms. The lowest BCUT2D eigenvalue weighted by molar-refractivity contribution is -0.0124. The maximum absolute atomic E-state index is 12.4. The molecule has 3 nitrogen and oxygen atoms in total. The molecule has 0 aliphatic carbocycles. The molecule has 5 heteroatoms. The van der Waals surface area contributed by atoms with Crippen molar-refractivity contribution in [2.24, 2.45) is 0 Å². The first-order chi connectivity index (χ1) is 8.08. The van der Waals surface area contributed by atoms with Gasteiger partial charge in [-0.1, -0.05) is 0 Å². The zero-order chi connectivity index (χ0) is 12.4. The Kier molecular flexibility index (Phi) is 4.43. The van der Waals surface area contributed by atoms with Crippen molar-refractivity contribution >= 4 is 44.4 Å². The Morgan fingerprint density at radius 1 is 1.59 bits per heavy atom. The highest BCUT2D eigenvalue weighted by atomic mass is 127. The number of amides is 1. The molecule has 1 heterocycles. The normalized spacial score (nSPS) is 20.4. The molecule has 17 heavy (non-hydrogen) atoms. The first-order valence-corrected chi connectivity index (χ1v) is 7.31. The van der Waals surface area contributed by atoms with E-state index < -0.39 is 0 Å². The van der Waals surface area contributed by atoms with Crippen molar-refractivity contribution in [3.63, 3.8) is 0 Å². The molecule has 0 saturated carbocycles. The van der Waals surface area contributed by atoms with Gasteiger partial charge in [0.1, 0.15) is 0 Å². The lowest BCUT2D eigenvalue weighted by atomic mass is 10.2. The summed E-state index contributed by atoms with van der Waals surface area (Å²) >= 11 is 5.64. The maximum atomic E-state index is 12.4. The third-order valence-electron chi connectivity index (χ3n) is 2.69. The molecule has 1 aromatic rings. The molecule has 1 aliphatic rings. The van der Waals surface area contributed by atoms with E-state index in [2.05, 4.69) is 38.5 Å². The number of carbonyl (C=O) groups is 1. The standard InChI is InChI=1S/C12H13BrINO2/c1-8-7-15(4-5-17-8)12(16)10-6-9(14)2-3-11(10)13/h2-3,6,8H,4-5,7H2,1H3/t8-/m1/s1. The van der Waals surface area contributed by atoms with Crippen molar-refractivity contribution < 1.29 is 9.53 Å². The minimum atomic E-state index is 0.0746. The minimum absolute atomic E-state index is 0.0746. The predicted octanol–water partition coefficient (Wildman–Crippen LogP) is 2.91. The molecule has 1 aliphatic heterocycles. The van der Waals surface area contributed by atoms with Crippen LogP contribution in [0.2, 0.25) is 0 Å². The van der Waals surface area contributed by atoms with Crippen LogP contribution in [0.25, 0.3) is 0 Å². The highest BCUT2D eigenvalue weighted by Gasteiger charge is 2.23. The van der Waals surface area contributed by atoms with Gasteiger partial charge in [-0.15, -0.1) is 0 Å². The van der Waals surface area contributed by atoms with E-state index in [-0.39, 0.29) is 12.0 Å². The Hall–Kier alpha value is -0.140. The van der Waals surface area contributed by atoms with Crippen LogP contribution in [-0.2, 0) is 4.74 Å². The molecule has 1 fully saturated rings. The number of hydrogen-bond donors (Lipinski definition) is 0. The van der Waals surface area contributed by atoms with E-state index in [9.17, 15) is 4.79 Å². The number of hydrogen-bond acceptors (Lipinski definition) is 2. The van der Waals surface area contributed by atoms with Gasteiger partial charge in [0.05, 0.1) is 18.3 Å². The van der Waals surface area contributed by atoms with E-state index >= 15 is 0 Å². The van der Waals surface area contributed by atoms with Gasteiger partial charge in [0.2, 0.25) is 0 Å². The molecule has 1 atom stereocenters. The predicted molar refractivity (Wildman–Crippen MR) is 78.2 cm³/mol. The summed E-state index contributed by atoms with van der Waals surface area (Å²) in [5.74, 6) is 0.0746. The van der Waals surface area contributed by atoms with E-state index in [0.717, 1.165) is 13.6 Å². The summed E-state index contributed by atoms with van der Waals surface area (Å²) in [5, 5.41) is 0. The van der Waals surface area contributed by atoms with Crippen molar-refractivity contribution in [2.75, 3.05) is 19.7 Å². The first kappa shape index (κ1) is 13.3. The summed E-state index contributed by atoms with van der Waals surface area (Å²) in [4.78, 5) is 14.2. The molecule has 0 N–H and O–H groups in total. The van der Waals surface area contributed by atoms with Crippen LogP contribution >= 0.6 is 38.5 Å². The average molecular weight is 410 g/mol. The Balaban J connectivity index is 2.21. The van der Waals surface area contributed by atoms with Crippen molar-refractivity contribution in [3.05, 3.63) is 31.8 Å². The molecular weight excluding hydrogens is 397 g/mol. The summed E-state index contributed by atoms with van der Waals surface area (Å²) < 4.78 is 7.36. The van der Waals surface area contributed by atoms with E-state index in [1.807, 2.05) is 30.0 Å². The summed E-state index contributed by atoms with van der Waals surface area (Å²) in [7, 11) is 0. The molecule has 0 unspecified atom stereocenters. The van der Waals surface area contributed by atoms with Crippen LogP contribution in [0.4, 0.5) is 0 Å². The molecule has 0 spiro atoms.